The lowest BCUT2D eigenvalue weighted by atomic mass is 10.0. The monoisotopic (exact) mass is 233 g/mol. The van der Waals surface area contributed by atoms with Crippen LogP contribution in [0.25, 0.3) is 0 Å². The van der Waals surface area contributed by atoms with E-state index in [9.17, 15) is 4.79 Å². The van der Waals surface area contributed by atoms with Crippen LogP contribution in [-0.2, 0) is 6.42 Å². The fraction of sp³-hybridized carbons (Fsp3) is 0.0833. The van der Waals surface area contributed by atoms with Gasteiger partial charge in [0.15, 0.2) is 0 Å². The molecule has 0 atom stereocenters. The van der Waals surface area contributed by atoms with E-state index in [1.54, 1.807) is 17.4 Å². The van der Waals surface area contributed by atoms with Gasteiger partial charge in [0.2, 0.25) is 0 Å². The molecular weight excluding hydrogens is 222 g/mol. The average molecular weight is 233 g/mol. The summed E-state index contributed by atoms with van der Waals surface area (Å²) in [6, 6.07) is 9.09. The van der Waals surface area contributed by atoms with Crippen molar-refractivity contribution >= 4 is 23.0 Å². The SMILES string of the molecule is Nc1c(Cc2cccs2)cccc1C(=O)O. The molecule has 0 saturated heterocycles. The van der Waals surface area contributed by atoms with Crippen molar-refractivity contribution in [3.63, 3.8) is 0 Å². The van der Waals surface area contributed by atoms with Gasteiger partial charge in [-0.1, -0.05) is 18.2 Å². The standard InChI is InChI=1S/C12H11NO2S/c13-11-8(7-9-4-2-6-16-9)3-1-5-10(11)12(14)15/h1-6H,7,13H2,(H,14,15). The molecule has 0 amide bonds. The van der Waals surface area contributed by atoms with Crippen molar-refractivity contribution in [1.82, 2.24) is 0 Å². The molecule has 4 heteroatoms. The Bertz CT molecular complexity index is 506. The highest BCUT2D eigenvalue weighted by Gasteiger charge is 2.11. The average Bonchev–Trinajstić information content (AvgIpc) is 2.73. The molecule has 3 N–H and O–H groups in total. The number of rotatable bonds is 3. The van der Waals surface area contributed by atoms with Crippen LogP contribution in [0.15, 0.2) is 35.7 Å². The van der Waals surface area contributed by atoms with Gasteiger partial charge < -0.3 is 10.8 Å². The van der Waals surface area contributed by atoms with Crippen molar-refractivity contribution in [2.75, 3.05) is 5.73 Å². The van der Waals surface area contributed by atoms with Crippen LogP contribution in [0, 0.1) is 0 Å². The fourth-order valence-electron chi connectivity index (χ4n) is 1.55. The second kappa shape index (κ2) is 4.37. The summed E-state index contributed by atoms with van der Waals surface area (Å²) >= 11 is 1.64. The molecule has 0 radical (unpaired) electrons. The number of hydrogen-bond acceptors (Lipinski definition) is 3. The molecule has 1 aromatic carbocycles. The molecule has 0 spiro atoms. The highest BCUT2D eigenvalue weighted by molar-refractivity contribution is 7.09. The van der Waals surface area contributed by atoms with E-state index in [1.165, 1.54) is 10.9 Å². The minimum Gasteiger partial charge on any atom is -0.478 e. The Hall–Kier alpha value is -1.81. The molecule has 1 heterocycles. The summed E-state index contributed by atoms with van der Waals surface area (Å²) in [4.78, 5) is 12.1. The molecular formula is C12H11NO2S. The van der Waals surface area contributed by atoms with Crippen LogP contribution in [0.4, 0.5) is 5.69 Å². The number of para-hydroxylation sites is 1. The topological polar surface area (TPSA) is 63.3 Å². The van der Waals surface area contributed by atoms with Gasteiger partial charge in [-0.05, 0) is 23.1 Å². The largest absolute Gasteiger partial charge is 0.478 e. The molecule has 0 aliphatic rings. The molecule has 2 aromatic rings. The summed E-state index contributed by atoms with van der Waals surface area (Å²) < 4.78 is 0. The van der Waals surface area contributed by atoms with Crippen molar-refractivity contribution in [2.24, 2.45) is 0 Å². The van der Waals surface area contributed by atoms with Crippen LogP contribution in [0.5, 0.6) is 0 Å². The van der Waals surface area contributed by atoms with Gasteiger partial charge >= 0.3 is 5.97 Å². The predicted molar refractivity (Wildman–Crippen MR) is 64.9 cm³/mol. The molecule has 82 valence electrons. The lowest BCUT2D eigenvalue weighted by molar-refractivity contribution is 0.0698. The predicted octanol–water partition coefficient (Wildman–Crippen LogP) is 2.62. The third-order valence-corrected chi connectivity index (χ3v) is 3.25. The summed E-state index contributed by atoms with van der Waals surface area (Å²) in [5.41, 5.74) is 7.23. The first-order valence-electron chi connectivity index (χ1n) is 4.81. The molecule has 2 rings (SSSR count). The van der Waals surface area contributed by atoms with E-state index in [-0.39, 0.29) is 5.56 Å². The highest BCUT2D eigenvalue weighted by Crippen LogP contribution is 2.22. The second-order valence-electron chi connectivity index (χ2n) is 3.44. The molecule has 0 unspecified atom stereocenters. The lowest BCUT2D eigenvalue weighted by Crippen LogP contribution is -2.05. The number of aromatic carboxylic acids is 1. The summed E-state index contributed by atoms with van der Waals surface area (Å²) in [6.07, 6.45) is 0.685. The van der Waals surface area contributed by atoms with Crippen LogP contribution >= 0.6 is 11.3 Å². The molecule has 0 saturated carbocycles. The van der Waals surface area contributed by atoms with Crippen LogP contribution in [0.3, 0.4) is 0 Å². The molecule has 0 aliphatic carbocycles. The molecule has 16 heavy (non-hydrogen) atoms. The first-order valence-corrected chi connectivity index (χ1v) is 5.69. The number of benzene rings is 1. The van der Waals surface area contributed by atoms with Crippen LogP contribution < -0.4 is 5.73 Å². The van der Waals surface area contributed by atoms with Gasteiger partial charge in [0, 0.05) is 17.0 Å². The molecule has 0 aliphatic heterocycles. The smallest absolute Gasteiger partial charge is 0.337 e. The van der Waals surface area contributed by atoms with Crippen molar-refractivity contribution < 1.29 is 9.90 Å². The number of anilines is 1. The van der Waals surface area contributed by atoms with Gasteiger partial charge in [0.25, 0.3) is 0 Å². The fourth-order valence-corrected chi connectivity index (χ4v) is 2.28. The van der Waals surface area contributed by atoms with E-state index in [2.05, 4.69) is 0 Å². The Labute approximate surface area is 97.2 Å². The summed E-state index contributed by atoms with van der Waals surface area (Å²) in [5.74, 6) is -0.981. The zero-order valence-electron chi connectivity index (χ0n) is 8.51. The first-order chi connectivity index (χ1) is 7.68. The Morgan fingerprint density at radius 1 is 1.31 bits per heavy atom. The summed E-state index contributed by atoms with van der Waals surface area (Å²) in [7, 11) is 0. The zero-order valence-corrected chi connectivity index (χ0v) is 9.33. The number of hydrogen-bond donors (Lipinski definition) is 2. The van der Waals surface area contributed by atoms with Crippen LogP contribution in [0.1, 0.15) is 20.8 Å². The first kappa shape index (κ1) is 10.7. The number of carboxylic acids is 1. The third-order valence-electron chi connectivity index (χ3n) is 2.37. The number of nitrogens with two attached hydrogens (primary N) is 1. The van der Waals surface area contributed by atoms with Crippen molar-refractivity contribution in [1.29, 1.82) is 0 Å². The number of carbonyl (C=O) groups is 1. The van der Waals surface area contributed by atoms with Gasteiger partial charge in [0.05, 0.1) is 5.56 Å². The van der Waals surface area contributed by atoms with Crippen molar-refractivity contribution in [3.05, 3.63) is 51.7 Å². The number of nitrogen functional groups attached to an aromatic ring is 1. The Morgan fingerprint density at radius 2 is 2.12 bits per heavy atom. The van der Waals surface area contributed by atoms with E-state index in [4.69, 9.17) is 10.8 Å². The Balaban J connectivity index is 2.35. The minimum absolute atomic E-state index is 0.175. The van der Waals surface area contributed by atoms with Crippen molar-refractivity contribution in [2.45, 2.75) is 6.42 Å². The van der Waals surface area contributed by atoms with Gasteiger partial charge in [-0.2, -0.15) is 0 Å². The van der Waals surface area contributed by atoms with E-state index >= 15 is 0 Å². The van der Waals surface area contributed by atoms with Crippen LogP contribution in [-0.4, -0.2) is 11.1 Å². The van der Waals surface area contributed by atoms with E-state index < -0.39 is 5.97 Å². The summed E-state index contributed by atoms with van der Waals surface area (Å²) in [6.45, 7) is 0. The van der Waals surface area contributed by atoms with E-state index in [1.807, 2.05) is 23.6 Å². The number of carboxylic acid groups (broad SMARTS) is 1. The Morgan fingerprint density at radius 3 is 2.75 bits per heavy atom. The lowest BCUT2D eigenvalue weighted by Gasteiger charge is -2.06. The zero-order chi connectivity index (χ0) is 11.5. The molecule has 0 bridgehead atoms. The maximum absolute atomic E-state index is 10.9. The summed E-state index contributed by atoms with van der Waals surface area (Å²) in [5, 5.41) is 10.9. The van der Waals surface area contributed by atoms with E-state index in [0.29, 0.717) is 12.1 Å². The maximum Gasteiger partial charge on any atom is 0.337 e. The number of thiophene rings is 1. The van der Waals surface area contributed by atoms with E-state index in [0.717, 1.165) is 5.56 Å². The third kappa shape index (κ3) is 2.06. The highest BCUT2D eigenvalue weighted by atomic mass is 32.1. The van der Waals surface area contributed by atoms with Gasteiger partial charge in [-0.15, -0.1) is 11.3 Å². The quantitative estimate of drug-likeness (QED) is 0.801. The molecule has 1 aromatic heterocycles. The normalized spacial score (nSPS) is 10.2. The van der Waals surface area contributed by atoms with Gasteiger partial charge in [-0.3, -0.25) is 0 Å². The second-order valence-corrected chi connectivity index (χ2v) is 4.47. The minimum atomic E-state index is -0.981. The van der Waals surface area contributed by atoms with Gasteiger partial charge in [0.1, 0.15) is 0 Å². The molecule has 0 fully saturated rings. The van der Waals surface area contributed by atoms with Crippen molar-refractivity contribution in [3.8, 4) is 0 Å². The van der Waals surface area contributed by atoms with Gasteiger partial charge in [-0.25, -0.2) is 4.79 Å². The Kier molecular flexibility index (Phi) is 2.92. The maximum atomic E-state index is 10.9. The molecule has 3 nitrogen and oxygen atoms in total. The van der Waals surface area contributed by atoms with Crippen LogP contribution in [0.2, 0.25) is 0 Å².